The predicted octanol–water partition coefficient (Wildman–Crippen LogP) is 1.24. The summed E-state index contributed by atoms with van der Waals surface area (Å²) < 4.78 is 33.3. The van der Waals surface area contributed by atoms with Crippen LogP contribution in [0.15, 0.2) is 17.0 Å². The van der Waals surface area contributed by atoms with Crippen LogP contribution in [-0.4, -0.2) is 33.7 Å². The van der Waals surface area contributed by atoms with Crippen LogP contribution in [0.25, 0.3) is 0 Å². The van der Waals surface area contributed by atoms with Gasteiger partial charge in [-0.05, 0) is 24.6 Å². The summed E-state index contributed by atoms with van der Waals surface area (Å²) in [6, 6.07) is 2.57. The van der Waals surface area contributed by atoms with Gasteiger partial charge in [-0.1, -0.05) is 11.6 Å². The van der Waals surface area contributed by atoms with E-state index in [0.717, 1.165) is 0 Å². The quantitative estimate of drug-likeness (QED) is 0.846. The summed E-state index contributed by atoms with van der Waals surface area (Å²) in [5.41, 5.74) is 0.314. The van der Waals surface area contributed by atoms with Gasteiger partial charge in [0.15, 0.2) is 0 Å². The minimum absolute atomic E-state index is 0.0911. The van der Waals surface area contributed by atoms with E-state index in [1.165, 1.54) is 19.1 Å². The second kappa shape index (κ2) is 5.69. The van der Waals surface area contributed by atoms with Crippen molar-refractivity contribution in [3.05, 3.63) is 28.3 Å². The molecule has 1 aliphatic heterocycles. The maximum Gasteiger partial charge on any atom is 0.338 e. The molecule has 1 aromatic rings. The van der Waals surface area contributed by atoms with Crippen molar-refractivity contribution in [3.63, 3.8) is 0 Å². The Hall–Kier alpha value is -1.15. The standard InChI is InChI=1S/C12H14ClNO5S/c1-7-10(12(15)19-9-2-3-18-6-9)4-8(13)5-11(7)20(14,16)17/h4-5,9H,2-3,6H2,1H3,(H2,14,16,17). The normalized spacial score (nSPS) is 19.1. The molecule has 0 aromatic heterocycles. The van der Waals surface area contributed by atoms with Crippen molar-refractivity contribution in [2.75, 3.05) is 13.2 Å². The highest BCUT2D eigenvalue weighted by molar-refractivity contribution is 7.89. The number of primary sulfonamides is 1. The van der Waals surface area contributed by atoms with E-state index in [-0.39, 0.29) is 27.1 Å². The fourth-order valence-corrected chi connectivity index (χ4v) is 3.09. The maximum atomic E-state index is 12.1. The largest absolute Gasteiger partial charge is 0.456 e. The highest BCUT2D eigenvalue weighted by Gasteiger charge is 2.24. The molecule has 6 nitrogen and oxygen atoms in total. The lowest BCUT2D eigenvalue weighted by Crippen LogP contribution is -2.20. The molecule has 8 heteroatoms. The van der Waals surface area contributed by atoms with E-state index in [1.54, 1.807) is 0 Å². The van der Waals surface area contributed by atoms with E-state index in [1.807, 2.05) is 0 Å². The highest BCUT2D eigenvalue weighted by Crippen LogP contribution is 2.25. The van der Waals surface area contributed by atoms with E-state index in [2.05, 4.69) is 0 Å². The van der Waals surface area contributed by atoms with Gasteiger partial charge in [0.1, 0.15) is 6.10 Å². The van der Waals surface area contributed by atoms with Gasteiger partial charge < -0.3 is 9.47 Å². The van der Waals surface area contributed by atoms with Crippen LogP contribution in [0.2, 0.25) is 5.02 Å². The van der Waals surface area contributed by atoms with Crippen molar-refractivity contribution >= 4 is 27.6 Å². The molecular weight excluding hydrogens is 306 g/mol. The zero-order chi connectivity index (χ0) is 14.9. The molecule has 1 saturated heterocycles. The van der Waals surface area contributed by atoms with Gasteiger partial charge in [0.25, 0.3) is 0 Å². The smallest absolute Gasteiger partial charge is 0.338 e. The second-order valence-electron chi connectivity index (χ2n) is 4.51. The average Bonchev–Trinajstić information content (AvgIpc) is 2.83. The Balaban J connectivity index is 2.36. The van der Waals surface area contributed by atoms with Crippen molar-refractivity contribution in [2.24, 2.45) is 5.14 Å². The van der Waals surface area contributed by atoms with E-state index in [0.29, 0.717) is 19.6 Å². The summed E-state index contributed by atoms with van der Waals surface area (Å²) in [5.74, 6) is -0.634. The van der Waals surface area contributed by atoms with Crippen molar-refractivity contribution < 1.29 is 22.7 Å². The fourth-order valence-electron chi connectivity index (χ4n) is 1.98. The fraction of sp³-hybridized carbons (Fsp3) is 0.417. The maximum absolute atomic E-state index is 12.1. The molecule has 1 heterocycles. The summed E-state index contributed by atoms with van der Waals surface area (Å²) in [7, 11) is -3.96. The second-order valence-corrected chi connectivity index (χ2v) is 6.48. The monoisotopic (exact) mass is 319 g/mol. The molecular formula is C12H14ClNO5S. The molecule has 1 fully saturated rings. The number of nitrogens with two attached hydrogens (primary N) is 1. The van der Waals surface area contributed by atoms with Crippen LogP contribution in [0.3, 0.4) is 0 Å². The topological polar surface area (TPSA) is 95.7 Å². The van der Waals surface area contributed by atoms with Gasteiger partial charge in [0.05, 0.1) is 23.7 Å². The molecule has 0 amide bonds. The molecule has 0 bridgehead atoms. The third-order valence-electron chi connectivity index (χ3n) is 3.01. The number of rotatable bonds is 3. The van der Waals surface area contributed by atoms with Crippen LogP contribution in [0.4, 0.5) is 0 Å². The van der Waals surface area contributed by atoms with Gasteiger partial charge in [-0.2, -0.15) is 0 Å². The summed E-state index contributed by atoms with van der Waals surface area (Å²) in [6.45, 7) is 2.36. The molecule has 0 radical (unpaired) electrons. The zero-order valence-electron chi connectivity index (χ0n) is 10.8. The molecule has 2 N–H and O–H groups in total. The Bertz CT molecular complexity index is 637. The Labute approximate surface area is 121 Å². The molecule has 1 aliphatic rings. The van der Waals surface area contributed by atoms with Crippen LogP contribution >= 0.6 is 11.6 Å². The Morgan fingerprint density at radius 3 is 2.75 bits per heavy atom. The number of ether oxygens (including phenoxy) is 2. The van der Waals surface area contributed by atoms with Crippen LogP contribution in [0.1, 0.15) is 22.3 Å². The zero-order valence-corrected chi connectivity index (χ0v) is 12.3. The van der Waals surface area contributed by atoms with E-state index in [9.17, 15) is 13.2 Å². The van der Waals surface area contributed by atoms with Gasteiger partial charge in [0.2, 0.25) is 10.0 Å². The Morgan fingerprint density at radius 2 is 2.20 bits per heavy atom. The van der Waals surface area contributed by atoms with Crippen molar-refractivity contribution in [3.8, 4) is 0 Å². The lowest BCUT2D eigenvalue weighted by molar-refractivity contribution is 0.0269. The number of hydrogen-bond donors (Lipinski definition) is 1. The van der Waals surface area contributed by atoms with Crippen LogP contribution in [0.5, 0.6) is 0 Å². The number of hydrogen-bond acceptors (Lipinski definition) is 5. The Morgan fingerprint density at radius 1 is 1.50 bits per heavy atom. The van der Waals surface area contributed by atoms with Gasteiger partial charge in [-0.15, -0.1) is 0 Å². The number of carbonyl (C=O) groups excluding carboxylic acids is 1. The van der Waals surface area contributed by atoms with Crippen molar-refractivity contribution in [1.82, 2.24) is 0 Å². The molecule has 0 aliphatic carbocycles. The molecule has 1 aromatic carbocycles. The molecule has 110 valence electrons. The lowest BCUT2D eigenvalue weighted by Gasteiger charge is -2.13. The first-order valence-corrected chi connectivity index (χ1v) is 7.83. The summed E-state index contributed by atoms with van der Waals surface area (Å²) >= 11 is 5.84. The van der Waals surface area contributed by atoms with Crippen molar-refractivity contribution in [1.29, 1.82) is 0 Å². The van der Waals surface area contributed by atoms with E-state index < -0.39 is 16.0 Å². The van der Waals surface area contributed by atoms with Gasteiger partial charge in [0, 0.05) is 11.4 Å². The first kappa shape index (κ1) is 15.2. The van der Waals surface area contributed by atoms with Crippen LogP contribution in [-0.2, 0) is 19.5 Å². The lowest BCUT2D eigenvalue weighted by atomic mass is 10.1. The van der Waals surface area contributed by atoms with E-state index >= 15 is 0 Å². The molecule has 20 heavy (non-hydrogen) atoms. The molecule has 2 rings (SSSR count). The minimum atomic E-state index is -3.96. The first-order chi connectivity index (χ1) is 9.29. The number of carbonyl (C=O) groups is 1. The van der Waals surface area contributed by atoms with Gasteiger partial charge in [-0.3, -0.25) is 0 Å². The third-order valence-corrected chi connectivity index (χ3v) is 4.27. The predicted molar refractivity (Wildman–Crippen MR) is 72.2 cm³/mol. The Kier molecular flexibility index (Phi) is 4.33. The number of halogens is 1. The summed E-state index contributed by atoms with van der Waals surface area (Å²) in [5, 5.41) is 5.21. The van der Waals surface area contributed by atoms with Crippen molar-refractivity contribution in [2.45, 2.75) is 24.3 Å². The SMILES string of the molecule is Cc1c(C(=O)OC2CCOC2)cc(Cl)cc1S(N)(=O)=O. The highest BCUT2D eigenvalue weighted by atomic mass is 35.5. The molecule has 1 unspecified atom stereocenters. The van der Waals surface area contributed by atoms with Crippen LogP contribution < -0.4 is 5.14 Å². The first-order valence-electron chi connectivity index (χ1n) is 5.90. The summed E-state index contributed by atoms with van der Waals surface area (Å²) in [4.78, 5) is 11.9. The number of esters is 1. The number of sulfonamides is 1. The molecule has 1 atom stereocenters. The average molecular weight is 320 g/mol. The molecule has 0 saturated carbocycles. The van der Waals surface area contributed by atoms with Crippen LogP contribution in [0, 0.1) is 6.92 Å². The van der Waals surface area contributed by atoms with Gasteiger partial charge in [-0.25, -0.2) is 18.4 Å². The minimum Gasteiger partial charge on any atom is -0.456 e. The molecule has 0 spiro atoms. The summed E-state index contributed by atoms with van der Waals surface area (Å²) in [6.07, 6.45) is 0.298. The third kappa shape index (κ3) is 3.29. The number of benzene rings is 1. The van der Waals surface area contributed by atoms with Gasteiger partial charge >= 0.3 is 5.97 Å². The van der Waals surface area contributed by atoms with E-state index in [4.69, 9.17) is 26.2 Å².